The largest absolute Gasteiger partial charge is 0.316 e. The highest BCUT2D eigenvalue weighted by Gasteiger charge is 2.44. The van der Waals surface area contributed by atoms with Gasteiger partial charge in [-0.25, -0.2) is 0 Å². The smallest absolute Gasteiger partial charge is 0.238 e. The first-order valence-electron chi connectivity index (χ1n) is 10.6. The average Bonchev–Trinajstić information content (AvgIpc) is 3.08. The molecule has 27 heavy (non-hydrogen) atoms. The van der Waals surface area contributed by atoms with Gasteiger partial charge in [0.15, 0.2) is 0 Å². The molecule has 3 unspecified atom stereocenters. The Labute approximate surface area is 163 Å². The zero-order chi connectivity index (χ0) is 19.4. The van der Waals surface area contributed by atoms with Crippen LogP contribution in [-0.2, 0) is 11.2 Å². The zero-order valence-corrected chi connectivity index (χ0v) is 17.2. The number of nitrogens with one attached hydrogen (secondary N) is 2. The summed E-state index contributed by atoms with van der Waals surface area (Å²) in [5, 5.41) is 7.96. The monoisotopic (exact) mass is 370 g/mol. The number of carbonyl (C=O) groups is 1. The van der Waals surface area contributed by atoms with Crippen molar-refractivity contribution in [3.05, 3.63) is 29.3 Å². The second-order valence-corrected chi connectivity index (χ2v) is 7.97. The Morgan fingerprint density at radius 3 is 2.70 bits per heavy atom. The number of fused-ring (bicyclic) bond motifs is 3. The van der Waals surface area contributed by atoms with Gasteiger partial charge in [0, 0.05) is 12.1 Å². The Balaban J connectivity index is 0.000000659. The maximum absolute atomic E-state index is 13.2. The number of aryl methyl sites for hydroxylation is 1. The number of hydrogen-bond acceptors (Lipinski definition) is 4. The minimum Gasteiger partial charge on any atom is -0.316 e. The molecule has 2 N–H and O–H groups in total. The molecule has 1 amide bonds. The van der Waals surface area contributed by atoms with E-state index in [0.717, 1.165) is 43.0 Å². The Morgan fingerprint density at radius 2 is 2.04 bits per heavy atom. The van der Waals surface area contributed by atoms with Crippen molar-refractivity contribution >= 4 is 17.3 Å². The first-order valence-corrected chi connectivity index (χ1v) is 10.6. The highest BCUT2D eigenvalue weighted by Crippen LogP contribution is 2.36. The van der Waals surface area contributed by atoms with Crippen molar-refractivity contribution < 1.29 is 4.79 Å². The lowest BCUT2D eigenvalue weighted by molar-refractivity contribution is -0.121. The minimum atomic E-state index is -0.152. The second-order valence-electron chi connectivity index (χ2n) is 7.97. The van der Waals surface area contributed by atoms with Gasteiger partial charge in [-0.05, 0) is 62.9 Å². The molecule has 3 atom stereocenters. The quantitative estimate of drug-likeness (QED) is 0.858. The van der Waals surface area contributed by atoms with Crippen LogP contribution in [0.1, 0.15) is 58.1 Å². The van der Waals surface area contributed by atoms with Crippen molar-refractivity contribution in [2.45, 2.75) is 59.4 Å². The molecule has 148 valence electrons. The molecule has 3 heterocycles. The van der Waals surface area contributed by atoms with Crippen LogP contribution in [0.3, 0.4) is 0 Å². The molecular weight excluding hydrogens is 336 g/mol. The van der Waals surface area contributed by atoms with Crippen LogP contribution in [-0.4, -0.2) is 37.3 Å². The van der Waals surface area contributed by atoms with E-state index in [0.29, 0.717) is 5.92 Å². The first-order chi connectivity index (χ1) is 13.1. The van der Waals surface area contributed by atoms with Crippen molar-refractivity contribution in [2.24, 2.45) is 16.9 Å². The molecule has 1 fully saturated rings. The van der Waals surface area contributed by atoms with E-state index in [4.69, 9.17) is 0 Å². The summed E-state index contributed by atoms with van der Waals surface area (Å²) >= 11 is 0. The second kappa shape index (κ2) is 8.87. The molecule has 0 spiro atoms. The molecule has 0 bridgehead atoms. The van der Waals surface area contributed by atoms with Crippen LogP contribution in [0.5, 0.6) is 0 Å². The summed E-state index contributed by atoms with van der Waals surface area (Å²) in [6, 6.07) is 6.55. The highest BCUT2D eigenvalue weighted by molar-refractivity contribution is 6.24. The van der Waals surface area contributed by atoms with E-state index >= 15 is 0 Å². The number of rotatable bonds is 3. The van der Waals surface area contributed by atoms with E-state index in [2.05, 4.69) is 54.8 Å². The number of anilines is 1. The third-order valence-electron chi connectivity index (χ3n) is 5.59. The van der Waals surface area contributed by atoms with Crippen LogP contribution < -0.4 is 15.6 Å². The lowest BCUT2D eigenvalue weighted by Crippen LogP contribution is -2.50. The number of hydrazone groups is 1. The highest BCUT2D eigenvalue weighted by atomic mass is 16.2. The molecule has 4 rings (SSSR count). The number of amides is 1. The summed E-state index contributed by atoms with van der Waals surface area (Å²) in [5.41, 5.74) is 7.52. The number of benzene rings is 1. The van der Waals surface area contributed by atoms with Crippen LogP contribution in [0.15, 0.2) is 23.3 Å². The zero-order valence-electron chi connectivity index (χ0n) is 17.2. The maximum atomic E-state index is 13.2. The molecule has 0 aromatic heterocycles. The van der Waals surface area contributed by atoms with Gasteiger partial charge in [0.1, 0.15) is 5.92 Å². The molecule has 5 heteroatoms. The fourth-order valence-electron chi connectivity index (χ4n) is 4.17. The molecule has 1 saturated heterocycles. The van der Waals surface area contributed by atoms with Crippen LogP contribution in [0.2, 0.25) is 0 Å². The molecule has 0 radical (unpaired) electrons. The summed E-state index contributed by atoms with van der Waals surface area (Å²) in [7, 11) is 0. The predicted octanol–water partition coefficient (Wildman–Crippen LogP) is 3.32. The first kappa shape index (κ1) is 19.9. The number of carbonyl (C=O) groups excluding carboxylic acids is 1. The maximum Gasteiger partial charge on any atom is 0.238 e. The van der Waals surface area contributed by atoms with Crippen LogP contribution in [0, 0.1) is 11.8 Å². The van der Waals surface area contributed by atoms with Crippen LogP contribution >= 0.6 is 0 Å². The van der Waals surface area contributed by atoms with Gasteiger partial charge in [0.2, 0.25) is 5.91 Å². The lowest BCUT2D eigenvalue weighted by Gasteiger charge is -2.37. The number of hydrogen-bond donors (Lipinski definition) is 2. The van der Waals surface area contributed by atoms with E-state index in [-0.39, 0.29) is 17.9 Å². The van der Waals surface area contributed by atoms with E-state index in [9.17, 15) is 4.79 Å². The Kier molecular flexibility index (Phi) is 6.53. The van der Waals surface area contributed by atoms with Crippen LogP contribution in [0.4, 0.5) is 5.69 Å². The molecule has 3 aliphatic heterocycles. The fourth-order valence-corrected chi connectivity index (χ4v) is 4.17. The normalized spacial score (nSPS) is 26.4. The van der Waals surface area contributed by atoms with Crippen molar-refractivity contribution in [2.75, 3.05) is 24.5 Å². The van der Waals surface area contributed by atoms with Gasteiger partial charge in [0.05, 0.1) is 17.4 Å². The minimum absolute atomic E-state index is 0.0675. The van der Waals surface area contributed by atoms with Gasteiger partial charge in [-0.3, -0.25) is 4.79 Å². The molecule has 1 aromatic carbocycles. The van der Waals surface area contributed by atoms with Gasteiger partial charge in [-0.2, -0.15) is 5.10 Å². The molecule has 0 saturated carbocycles. The van der Waals surface area contributed by atoms with Gasteiger partial charge < -0.3 is 15.6 Å². The van der Waals surface area contributed by atoms with Gasteiger partial charge >= 0.3 is 0 Å². The van der Waals surface area contributed by atoms with Gasteiger partial charge in [0.25, 0.3) is 0 Å². The summed E-state index contributed by atoms with van der Waals surface area (Å²) in [6.07, 6.45) is 4.63. The Bertz CT molecular complexity index is 694. The van der Waals surface area contributed by atoms with Crippen molar-refractivity contribution in [1.82, 2.24) is 10.7 Å². The van der Waals surface area contributed by atoms with E-state index in [1.165, 1.54) is 24.8 Å². The summed E-state index contributed by atoms with van der Waals surface area (Å²) in [6.45, 7) is 11.4. The average molecular weight is 371 g/mol. The van der Waals surface area contributed by atoms with Gasteiger partial charge in [-0.15, -0.1) is 0 Å². The predicted molar refractivity (Wildman–Crippen MR) is 112 cm³/mol. The van der Waals surface area contributed by atoms with Gasteiger partial charge in [-0.1, -0.05) is 33.3 Å². The number of nitrogens with zero attached hydrogens (tertiary/aromatic N) is 2. The van der Waals surface area contributed by atoms with E-state index in [1.54, 1.807) is 0 Å². The molecule has 3 aliphatic rings. The molecule has 5 nitrogen and oxygen atoms in total. The topological polar surface area (TPSA) is 56.7 Å². The molecule has 1 aromatic rings. The van der Waals surface area contributed by atoms with Crippen molar-refractivity contribution in [3.8, 4) is 0 Å². The summed E-state index contributed by atoms with van der Waals surface area (Å²) < 4.78 is 0. The summed E-state index contributed by atoms with van der Waals surface area (Å²) in [4.78, 5) is 15.2. The standard InChI is InChI=1S/C19H26N4O.C3H8/c1-3-13-6-7-16-15(9-13)18-17(12(2)21-22-18)19(24)23(16)11-14-5-4-8-20-10-14;1-3-2/h6-7,9,12,14,17,20-21H,3-5,8,10-11H2,1-2H3;3H2,1-2H3. The van der Waals surface area contributed by atoms with Crippen LogP contribution in [0.25, 0.3) is 0 Å². The Hall–Kier alpha value is -1.88. The van der Waals surface area contributed by atoms with E-state index < -0.39 is 0 Å². The number of piperidine rings is 1. The van der Waals surface area contributed by atoms with E-state index in [1.807, 2.05) is 11.8 Å². The fraction of sp³-hybridized carbons (Fsp3) is 0.636. The van der Waals surface area contributed by atoms with Crippen molar-refractivity contribution in [3.63, 3.8) is 0 Å². The SMILES string of the molecule is CCC.CCc1ccc2c(c1)C1=NNC(C)C1C(=O)N2CC1CCCNC1. The third-order valence-corrected chi connectivity index (χ3v) is 5.59. The lowest BCUT2D eigenvalue weighted by atomic mass is 9.84. The third kappa shape index (κ3) is 4.03. The molecule has 0 aliphatic carbocycles. The van der Waals surface area contributed by atoms with Crippen molar-refractivity contribution in [1.29, 1.82) is 0 Å². The molecular formula is C22H34N4O. The Morgan fingerprint density at radius 1 is 1.26 bits per heavy atom. The summed E-state index contributed by atoms with van der Waals surface area (Å²) in [5.74, 6) is 0.583.